The lowest BCUT2D eigenvalue weighted by Gasteiger charge is -2.19. The van der Waals surface area contributed by atoms with Gasteiger partial charge in [-0.3, -0.25) is 9.69 Å². The molecule has 0 saturated heterocycles. The van der Waals surface area contributed by atoms with Crippen molar-refractivity contribution in [2.75, 3.05) is 17.2 Å². The zero-order chi connectivity index (χ0) is 14.0. The van der Waals surface area contributed by atoms with Crippen LogP contribution >= 0.6 is 23.7 Å². The summed E-state index contributed by atoms with van der Waals surface area (Å²) in [4.78, 5) is 18.6. The zero-order valence-corrected chi connectivity index (χ0v) is 13.3. The van der Waals surface area contributed by atoms with Crippen LogP contribution in [0.1, 0.15) is 28.5 Å². The van der Waals surface area contributed by atoms with Crippen molar-refractivity contribution in [3.05, 3.63) is 40.4 Å². The summed E-state index contributed by atoms with van der Waals surface area (Å²) in [6.45, 7) is 6.36. The predicted molar refractivity (Wildman–Crippen MR) is 87.0 cm³/mol. The molecule has 0 aliphatic rings. The number of amides is 1. The molecule has 2 rings (SSSR count). The highest BCUT2D eigenvalue weighted by Crippen LogP contribution is 2.23. The van der Waals surface area contributed by atoms with Crippen LogP contribution in [0.3, 0.4) is 0 Å². The number of carbonyl (C=O) groups is 1. The molecular weight excluding hydrogens is 294 g/mol. The molecule has 0 spiro atoms. The predicted octanol–water partition coefficient (Wildman–Crippen LogP) is 3.43. The van der Waals surface area contributed by atoms with Crippen molar-refractivity contribution >= 4 is 40.5 Å². The second-order valence-corrected chi connectivity index (χ2v) is 5.23. The Morgan fingerprint density at radius 1 is 1.40 bits per heavy atom. The fraction of sp³-hybridized carbons (Fsp3) is 0.286. The molecule has 0 saturated carbocycles. The van der Waals surface area contributed by atoms with E-state index in [1.807, 2.05) is 32.2 Å². The second kappa shape index (κ2) is 6.72. The number of hydrogen-bond donors (Lipinski definition) is 1. The summed E-state index contributed by atoms with van der Waals surface area (Å²) in [5, 5.41) is 2.67. The number of rotatable bonds is 3. The molecule has 6 heteroatoms. The maximum atomic E-state index is 12.6. The highest BCUT2D eigenvalue weighted by molar-refractivity contribution is 7.14. The average molecular weight is 312 g/mol. The molecule has 0 fully saturated rings. The molecule has 1 amide bonds. The van der Waals surface area contributed by atoms with Crippen LogP contribution in [0.5, 0.6) is 0 Å². The summed E-state index contributed by atoms with van der Waals surface area (Å²) in [7, 11) is 0. The summed E-state index contributed by atoms with van der Waals surface area (Å²) in [6, 6.07) is 5.39. The van der Waals surface area contributed by atoms with Crippen LogP contribution in [0.15, 0.2) is 23.6 Å². The molecule has 108 valence electrons. The Morgan fingerprint density at radius 3 is 2.65 bits per heavy atom. The van der Waals surface area contributed by atoms with E-state index in [0.717, 1.165) is 16.4 Å². The molecule has 0 radical (unpaired) electrons. The van der Waals surface area contributed by atoms with E-state index in [0.29, 0.717) is 17.8 Å². The van der Waals surface area contributed by atoms with Gasteiger partial charge in [0.15, 0.2) is 5.13 Å². The Kier molecular flexibility index (Phi) is 5.53. The minimum Gasteiger partial charge on any atom is -0.399 e. The third kappa shape index (κ3) is 3.29. The van der Waals surface area contributed by atoms with E-state index in [4.69, 9.17) is 5.73 Å². The minimum atomic E-state index is -0.0540. The monoisotopic (exact) mass is 311 g/mol. The number of anilines is 2. The smallest absolute Gasteiger partial charge is 0.260 e. The number of thiazole rings is 1. The van der Waals surface area contributed by atoms with E-state index in [1.165, 1.54) is 11.3 Å². The largest absolute Gasteiger partial charge is 0.399 e. The van der Waals surface area contributed by atoms with Gasteiger partial charge in [0, 0.05) is 23.2 Å². The molecule has 20 heavy (non-hydrogen) atoms. The average Bonchev–Trinajstić information content (AvgIpc) is 2.79. The van der Waals surface area contributed by atoms with Crippen molar-refractivity contribution in [1.29, 1.82) is 0 Å². The number of aryl methyl sites for hydroxylation is 2. The van der Waals surface area contributed by atoms with Crippen molar-refractivity contribution in [3.8, 4) is 0 Å². The topological polar surface area (TPSA) is 59.2 Å². The zero-order valence-electron chi connectivity index (χ0n) is 11.7. The molecule has 0 atom stereocenters. The Labute approximate surface area is 129 Å². The third-order valence-electron chi connectivity index (χ3n) is 2.89. The van der Waals surface area contributed by atoms with Crippen LogP contribution in [0.2, 0.25) is 0 Å². The number of hydrogen-bond acceptors (Lipinski definition) is 4. The highest BCUT2D eigenvalue weighted by atomic mass is 35.5. The SMILES string of the molecule is CCN(C(=O)c1cc(N)ccc1C)c1nc(C)cs1.Cl. The van der Waals surface area contributed by atoms with Gasteiger partial charge in [0.2, 0.25) is 0 Å². The molecule has 4 nitrogen and oxygen atoms in total. The first kappa shape index (κ1) is 16.5. The van der Waals surface area contributed by atoms with Crippen LogP contribution in [0, 0.1) is 13.8 Å². The lowest BCUT2D eigenvalue weighted by atomic mass is 10.1. The highest BCUT2D eigenvalue weighted by Gasteiger charge is 2.20. The number of nitrogen functional groups attached to an aromatic ring is 1. The second-order valence-electron chi connectivity index (χ2n) is 4.40. The number of carbonyl (C=O) groups excluding carboxylic acids is 1. The molecule has 0 unspecified atom stereocenters. The van der Waals surface area contributed by atoms with Crippen LogP contribution < -0.4 is 10.6 Å². The Bertz CT molecular complexity index is 612. The summed E-state index contributed by atoms with van der Waals surface area (Å²) in [6.07, 6.45) is 0. The fourth-order valence-electron chi connectivity index (χ4n) is 1.85. The normalized spacial score (nSPS) is 9.95. The molecular formula is C14H18ClN3OS. The van der Waals surface area contributed by atoms with Gasteiger partial charge in [-0.25, -0.2) is 4.98 Å². The number of benzene rings is 1. The van der Waals surface area contributed by atoms with E-state index in [9.17, 15) is 4.79 Å². The molecule has 0 bridgehead atoms. The van der Waals surface area contributed by atoms with E-state index >= 15 is 0 Å². The molecule has 0 aliphatic heterocycles. The number of aromatic nitrogens is 1. The standard InChI is InChI=1S/C14H17N3OS.ClH/c1-4-17(14-16-10(3)8-19-14)13(18)12-7-11(15)6-5-9(12)2;/h5-8H,4,15H2,1-3H3;1H. The first-order valence-corrected chi connectivity index (χ1v) is 7.01. The molecule has 0 aliphatic carbocycles. The minimum absolute atomic E-state index is 0. The molecule has 1 heterocycles. The Morgan fingerprint density at radius 2 is 2.10 bits per heavy atom. The van der Waals surface area contributed by atoms with E-state index in [-0.39, 0.29) is 18.3 Å². The summed E-state index contributed by atoms with van der Waals surface area (Å²) in [5.74, 6) is -0.0540. The number of halogens is 1. The fourth-order valence-corrected chi connectivity index (χ4v) is 2.71. The van der Waals surface area contributed by atoms with E-state index < -0.39 is 0 Å². The van der Waals surface area contributed by atoms with Gasteiger partial charge >= 0.3 is 0 Å². The van der Waals surface area contributed by atoms with E-state index in [1.54, 1.807) is 17.0 Å². The van der Waals surface area contributed by atoms with Gasteiger partial charge < -0.3 is 5.73 Å². The van der Waals surface area contributed by atoms with Crippen LogP contribution in [-0.4, -0.2) is 17.4 Å². The van der Waals surface area contributed by atoms with E-state index in [2.05, 4.69) is 4.98 Å². The van der Waals surface area contributed by atoms with Gasteiger partial charge in [-0.2, -0.15) is 0 Å². The van der Waals surface area contributed by atoms with Gasteiger partial charge in [0.05, 0.1) is 5.69 Å². The molecule has 1 aromatic carbocycles. The Balaban J connectivity index is 0.00000200. The first-order valence-electron chi connectivity index (χ1n) is 6.13. The van der Waals surface area contributed by atoms with Gasteiger partial charge in [0.1, 0.15) is 0 Å². The van der Waals surface area contributed by atoms with Crippen LogP contribution in [0.25, 0.3) is 0 Å². The van der Waals surface area contributed by atoms with Gasteiger partial charge in [-0.05, 0) is 38.5 Å². The van der Waals surface area contributed by atoms with Crippen molar-refractivity contribution in [1.82, 2.24) is 4.98 Å². The molecule has 2 N–H and O–H groups in total. The maximum Gasteiger partial charge on any atom is 0.260 e. The molecule has 2 aromatic rings. The summed E-state index contributed by atoms with van der Waals surface area (Å²) < 4.78 is 0. The lowest BCUT2D eigenvalue weighted by molar-refractivity contribution is 0.0987. The van der Waals surface area contributed by atoms with Crippen molar-refractivity contribution in [2.24, 2.45) is 0 Å². The number of nitrogens with zero attached hydrogens (tertiary/aromatic N) is 2. The quantitative estimate of drug-likeness (QED) is 0.883. The number of nitrogens with two attached hydrogens (primary N) is 1. The summed E-state index contributed by atoms with van der Waals surface area (Å²) >= 11 is 1.48. The van der Waals surface area contributed by atoms with Crippen LogP contribution in [0.4, 0.5) is 10.8 Å². The third-order valence-corrected chi connectivity index (χ3v) is 3.87. The molecule has 1 aromatic heterocycles. The van der Waals surface area contributed by atoms with Gasteiger partial charge in [-0.15, -0.1) is 23.7 Å². The summed E-state index contributed by atoms with van der Waals surface area (Å²) in [5.41, 5.74) is 8.85. The maximum absolute atomic E-state index is 12.6. The van der Waals surface area contributed by atoms with Gasteiger partial charge in [0.25, 0.3) is 5.91 Å². The van der Waals surface area contributed by atoms with Crippen LogP contribution in [-0.2, 0) is 0 Å². The van der Waals surface area contributed by atoms with Crippen molar-refractivity contribution < 1.29 is 4.79 Å². The Hall–Kier alpha value is -1.59. The first-order chi connectivity index (χ1) is 9.02. The van der Waals surface area contributed by atoms with Crippen molar-refractivity contribution in [3.63, 3.8) is 0 Å². The van der Waals surface area contributed by atoms with Crippen molar-refractivity contribution in [2.45, 2.75) is 20.8 Å². The lowest BCUT2D eigenvalue weighted by Crippen LogP contribution is -2.31. The van der Waals surface area contributed by atoms with Gasteiger partial charge in [-0.1, -0.05) is 6.07 Å².